The number of aliphatic hydroxyl groups is 1. The minimum absolute atomic E-state index is 0.00736. The molecule has 1 heterocycles. The molecule has 0 fully saturated rings. The molecule has 0 bridgehead atoms. The SMILES string of the molecule is N[C@@H](CO)c1cc(F)c(Cl)nc1Cl. The van der Waals surface area contributed by atoms with Crippen LogP contribution >= 0.6 is 23.2 Å². The van der Waals surface area contributed by atoms with Crippen LogP contribution in [0.3, 0.4) is 0 Å². The molecule has 1 rings (SSSR count). The smallest absolute Gasteiger partial charge is 0.166 e. The number of pyridine rings is 1. The Hall–Kier alpha value is -0.420. The van der Waals surface area contributed by atoms with Crippen LogP contribution in [0.15, 0.2) is 6.07 Å². The van der Waals surface area contributed by atoms with E-state index in [0.717, 1.165) is 6.07 Å². The van der Waals surface area contributed by atoms with E-state index in [2.05, 4.69) is 4.98 Å². The van der Waals surface area contributed by atoms with Crippen molar-refractivity contribution in [2.24, 2.45) is 5.73 Å². The number of nitrogens with zero attached hydrogens (tertiary/aromatic N) is 1. The van der Waals surface area contributed by atoms with Gasteiger partial charge in [0.05, 0.1) is 12.6 Å². The highest BCUT2D eigenvalue weighted by molar-refractivity contribution is 6.33. The molecule has 3 N–H and O–H groups in total. The molecule has 0 aliphatic carbocycles. The van der Waals surface area contributed by atoms with Crippen molar-refractivity contribution in [3.63, 3.8) is 0 Å². The molecule has 0 spiro atoms. The molecule has 0 radical (unpaired) electrons. The number of rotatable bonds is 2. The summed E-state index contributed by atoms with van der Waals surface area (Å²) in [4.78, 5) is 3.51. The fourth-order valence-electron chi connectivity index (χ4n) is 0.818. The lowest BCUT2D eigenvalue weighted by Gasteiger charge is -2.10. The van der Waals surface area contributed by atoms with Crippen LogP contribution in [-0.2, 0) is 0 Å². The Morgan fingerprint density at radius 2 is 2.15 bits per heavy atom. The second kappa shape index (κ2) is 4.19. The Morgan fingerprint density at radius 1 is 1.54 bits per heavy atom. The van der Waals surface area contributed by atoms with Crippen LogP contribution in [0.25, 0.3) is 0 Å². The highest BCUT2D eigenvalue weighted by Crippen LogP contribution is 2.23. The lowest BCUT2D eigenvalue weighted by Crippen LogP contribution is -2.15. The summed E-state index contributed by atoms with van der Waals surface area (Å²) in [6, 6.07) is 0.324. The van der Waals surface area contributed by atoms with Gasteiger partial charge in [-0.1, -0.05) is 23.2 Å². The van der Waals surface area contributed by atoms with Gasteiger partial charge in [-0.25, -0.2) is 9.37 Å². The topological polar surface area (TPSA) is 59.1 Å². The summed E-state index contributed by atoms with van der Waals surface area (Å²) < 4.78 is 12.9. The Bertz CT molecular complexity index is 322. The van der Waals surface area contributed by atoms with Crippen molar-refractivity contribution in [3.05, 3.63) is 27.8 Å². The monoisotopic (exact) mass is 224 g/mol. The number of hydrogen-bond acceptors (Lipinski definition) is 3. The predicted molar refractivity (Wildman–Crippen MR) is 48.2 cm³/mol. The Kier molecular flexibility index (Phi) is 3.44. The van der Waals surface area contributed by atoms with Crippen molar-refractivity contribution in [1.29, 1.82) is 0 Å². The van der Waals surface area contributed by atoms with Gasteiger partial charge in [-0.05, 0) is 6.07 Å². The summed E-state index contributed by atoms with van der Waals surface area (Å²) in [6.07, 6.45) is 0. The van der Waals surface area contributed by atoms with Gasteiger partial charge in [0.1, 0.15) is 5.15 Å². The van der Waals surface area contributed by atoms with Crippen LogP contribution < -0.4 is 5.73 Å². The largest absolute Gasteiger partial charge is 0.394 e. The third kappa shape index (κ3) is 2.28. The first kappa shape index (κ1) is 10.7. The molecule has 0 aliphatic heterocycles. The van der Waals surface area contributed by atoms with Gasteiger partial charge in [0, 0.05) is 5.56 Å². The normalized spacial score (nSPS) is 13.0. The second-order valence-electron chi connectivity index (χ2n) is 2.43. The minimum Gasteiger partial charge on any atom is -0.394 e. The first-order valence-corrected chi connectivity index (χ1v) is 4.19. The van der Waals surface area contributed by atoms with Gasteiger partial charge >= 0.3 is 0 Å². The number of halogens is 3. The highest BCUT2D eigenvalue weighted by atomic mass is 35.5. The zero-order valence-corrected chi connectivity index (χ0v) is 7.98. The van der Waals surface area contributed by atoms with E-state index in [1.807, 2.05) is 0 Å². The Morgan fingerprint density at radius 3 is 2.69 bits per heavy atom. The molecule has 0 amide bonds. The summed E-state index contributed by atoms with van der Waals surface area (Å²) in [5, 5.41) is 8.41. The van der Waals surface area contributed by atoms with Crippen molar-refractivity contribution in [3.8, 4) is 0 Å². The molecule has 13 heavy (non-hydrogen) atoms. The van der Waals surface area contributed by atoms with E-state index in [1.165, 1.54) is 0 Å². The molecule has 1 aromatic heterocycles. The third-order valence-electron chi connectivity index (χ3n) is 1.51. The molecule has 1 atom stereocenters. The fourth-order valence-corrected chi connectivity index (χ4v) is 1.28. The van der Waals surface area contributed by atoms with E-state index in [0.29, 0.717) is 0 Å². The number of aromatic nitrogens is 1. The molecular weight excluding hydrogens is 218 g/mol. The second-order valence-corrected chi connectivity index (χ2v) is 3.15. The van der Waals surface area contributed by atoms with E-state index in [9.17, 15) is 4.39 Å². The van der Waals surface area contributed by atoms with Crippen LogP contribution in [0.4, 0.5) is 4.39 Å². The minimum atomic E-state index is -0.744. The van der Waals surface area contributed by atoms with Crippen LogP contribution in [0, 0.1) is 5.82 Å². The van der Waals surface area contributed by atoms with Gasteiger partial charge in [0.25, 0.3) is 0 Å². The maximum atomic E-state index is 12.9. The van der Waals surface area contributed by atoms with E-state index in [-0.39, 0.29) is 22.5 Å². The average molecular weight is 225 g/mol. The van der Waals surface area contributed by atoms with Crippen molar-refractivity contribution >= 4 is 23.2 Å². The molecule has 0 saturated heterocycles. The van der Waals surface area contributed by atoms with Gasteiger partial charge < -0.3 is 10.8 Å². The molecule has 0 saturated carbocycles. The van der Waals surface area contributed by atoms with E-state index < -0.39 is 11.9 Å². The molecule has 3 nitrogen and oxygen atoms in total. The van der Waals surface area contributed by atoms with Gasteiger partial charge in [0.15, 0.2) is 11.0 Å². The van der Waals surface area contributed by atoms with Crippen LogP contribution in [0.2, 0.25) is 10.3 Å². The lowest BCUT2D eigenvalue weighted by atomic mass is 10.1. The summed E-state index contributed by atoms with van der Waals surface area (Å²) in [6.45, 7) is -0.331. The first-order chi connectivity index (χ1) is 6.06. The predicted octanol–water partition coefficient (Wildman–Crippen LogP) is 1.52. The van der Waals surface area contributed by atoms with Gasteiger partial charge in [-0.3, -0.25) is 0 Å². The van der Waals surface area contributed by atoms with Crippen LogP contribution in [0.1, 0.15) is 11.6 Å². The zero-order valence-electron chi connectivity index (χ0n) is 6.47. The summed E-state index contributed by atoms with van der Waals surface area (Å²) in [5.74, 6) is -0.704. The molecule has 6 heteroatoms. The van der Waals surface area contributed by atoms with Crippen molar-refractivity contribution in [2.75, 3.05) is 6.61 Å². The first-order valence-electron chi connectivity index (χ1n) is 3.44. The standard InChI is InChI=1S/C7H7Cl2FN2O/c8-6-3(5(11)2-13)1-4(10)7(9)12-6/h1,5,13H,2,11H2/t5-/m0/s1. The van der Waals surface area contributed by atoms with Crippen LogP contribution in [-0.4, -0.2) is 16.7 Å². The average Bonchev–Trinajstić information content (AvgIpc) is 2.10. The molecule has 0 aromatic carbocycles. The number of nitrogens with two attached hydrogens (primary N) is 1. The maximum absolute atomic E-state index is 12.9. The molecular formula is C7H7Cl2FN2O. The van der Waals surface area contributed by atoms with Gasteiger partial charge in [0.2, 0.25) is 0 Å². The van der Waals surface area contributed by atoms with Crippen molar-refractivity contribution in [2.45, 2.75) is 6.04 Å². The van der Waals surface area contributed by atoms with E-state index >= 15 is 0 Å². The van der Waals surface area contributed by atoms with Gasteiger partial charge in [-0.15, -0.1) is 0 Å². The van der Waals surface area contributed by atoms with Crippen molar-refractivity contribution < 1.29 is 9.50 Å². The van der Waals surface area contributed by atoms with E-state index in [1.54, 1.807) is 0 Å². The Balaban J connectivity index is 3.15. The lowest BCUT2D eigenvalue weighted by molar-refractivity contribution is 0.267. The van der Waals surface area contributed by atoms with Crippen molar-refractivity contribution in [1.82, 2.24) is 4.98 Å². The molecule has 1 aromatic rings. The summed E-state index contributed by atoms with van der Waals surface area (Å²) in [7, 11) is 0. The summed E-state index contributed by atoms with van der Waals surface area (Å²) in [5.41, 5.74) is 5.67. The summed E-state index contributed by atoms with van der Waals surface area (Å²) >= 11 is 11.0. The molecule has 72 valence electrons. The fraction of sp³-hybridized carbons (Fsp3) is 0.286. The third-order valence-corrected chi connectivity index (χ3v) is 2.08. The molecule has 0 aliphatic rings. The maximum Gasteiger partial charge on any atom is 0.166 e. The highest BCUT2D eigenvalue weighted by Gasteiger charge is 2.13. The number of aliphatic hydroxyl groups excluding tert-OH is 1. The van der Waals surface area contributed by atoms with Crippen LogP contribution in [0.5, 0.6) is 0 Å². The Labute approximate surface area is 84.3 Å². The quantitative estimate of drug-likeness (QED) is 0.750. The van der Waals surface area contributed by atoms with E-state index in [4.69, 9.17) is 34.0 Å². The molecule has 0 unspecified atom stereocenters. The van der Waals surface area contributed by atoms with Gasteiger partial charge in [-0.2, -0.15) is 0 Å². The zero-order chi connectivity index (χ0) is 10.0. The number of hydrogen-bond donors (Lipinski definition) is 2.